The summed E-state index contributed by atoms with van der Waals surface area (Å²) in [6.45, 7) is 5.45. The monoisotopic (exact) mass is 295 g/mol. The summed E-state index contributed by atoms with van der Waals surface area (Å²) in [6.07, 6.45) is 3.96. The van der Waals surface area contributed by atoms with Gasteiger partial charge in [0.25, 0.3) is 0 Å². The molecule has 2 rings (SSSR count). The van der Waals surface area contributed by atoms with Crippen LogP contribution >= 0.6 is 11.6 Å². The lowest BCUT2D eigenvalue weighted by Gasteiger charge is -2.36. The fourth-order valence-electron chi connectivity index (χ4n) is 3.54. The second-order valence-electron chi connectivity index (χ2n) is 6.34. The number of benzene rings is 1. The predicted molar refractivity (Wildman–Crippen MR) is 85.5 cm³/mol. The Balaban J connectivity index is 1.91. The molecule has 1 N–H and O–H groups in total. The van der Waals surface area contributed by atoms with Crippen molar-refractivity contribution in [3.05, 3.63) is 29.3 Å². The molecule has 0 radical (unpaired) electrons. The number of hydrogen-bond acceptors (Lipinski definition) is 2. The molecule has 1 aromatic rings. The van der Waals surface area contributed by atoms with Gasteiger partial charge in [-0.05, 0) is 62.3 Å². The van der Waals surface area contributed by atoms with Gasteiger partial charge in [-0.25, -0.2) is 0 Å². The summed E-state index contributed by atoms with van der Waals surface area (Å²) in [5.74, 6) is 3.21. The minimum atomic E-state index is 0.416. The van der Waals surface area contributed by atoms with Gasteiger partial charge in [-0.1, -0.05) is 31.5 Å². The Hall–Kier alpha value is -0.730. The third-order valence-corrected chi connectivity index (χ3v) is 4.62. The van der Waals surface area contributed by atoms with Crippen molar-refractivity contribution in [3.8, 4) is 5.75 Å². The highest BCUT2D eigenvalue weighted by Gasteiger charge is 2.29. The maximum Gasteiger partial charge on any atom is 0.120 e. The minimum absolute atomic E-state index is 0.416. The van der Waals surface area contributed by atoms with E-state index in [0.717, 1.165) is 22.6 Å². The Morgan fingerprint density at radius 2 is 1.95 bits per heavy atom. The molecule has 0 aliphatic heterocycles. The van der Waals surface area contributed by atoms with Gasteiger partial charge in [-0.15, -0.1) is 0 Å². The fraction of sp³-hybridized carbons (Fsp3) is 0.647. The van der Waals surface area contributed by atoms with E-state index in [0.29, 0.717) is 18.6 Å². The van der Waals surface area contributed by atoms with Crippen molar-refractivity contribution >= 4 is 11.6 Å². The lowest BCUT2D eigenvalue weighted by molar-refractivity contribution is 0.143. The van der Waals surface area contributed by atoms with Crippen LogP contribution in [0.25, 0.3) is 0 Å². The first-order chi connectivity index (χ1) is 9.58. The molecule has 0 spiro atoms. The molecule has 1 fully saturated rings. The van der Waals surface area contributed by atoms with E-state index in [4.69, 9.17) is 16.3 Å². The van der Waals surface area contributed by atoms with E-state index in [1.807, 2.05) is 31.3 Å². The first kappa shape index (κ1) is 15.7. The molecule has 20 heavy (non-hydrogen) atoms. The molecule has 0 saturated heterocycles. The van der Waals surface area contributed by atoms with Gasteiger partial charge in [0.05, 0.1) is 0 Å². The van der Waals surface area contributed by atoms with Crippen molar-refractivity contribution in [2.24, 2.45) is 17.8 Å². The van der Waals surface area contributed by atoms with Crippen molar-refractivity contribution < 1.29 is 4.74 Å². The Morgan fingerprint density at radius 3 is 2.55 bits per heavy atom. The van der Waals surface area contributed by atoms with Crippen LogP contribution in [0.3, 0.4) is 0 Å². The number of hydrogen-bond donors (Lipinski definition) is 1. The van der Waals surface area contributed by atoms with Crippen molar-refractivity contribution in [1.82, 2.24) is 5.32 Å². The molecular weight excluding hydrogens is 270 g/mol. The number of halogens is 1. The van der Waals surface area contributed by atoms with Crippen LogP contribution in [-0.2, 0) is 0 Å². The topological polar surface area (TPSA) is 21.3 Å². The second kappa shape index (κ2) is 7.33. The van der Waals surface area contributed by atoms with E-state index in [1.54, 1.807) is 0 Å². The normalized spacial score (nSPS) is 28.1. The molecule has 1 aliphatic carbocycles. The summed E-state index contributed by atoms with van der Waals surface area (Å²) in [6, 6.07) is 8.05. The lowest BCUT2D eigenvalue weighted by Crippen LogP contribution is -2.42. The van der Waals surface area contributed by atoms with E-state index in [-0.39, 0.29) is 0 Å². The maximum absolute atomic E-state index is 5.99. The third kappa shape index (κ3) is 4.39. The number of likely N-dealkylation sites (N-methyl/N-ethyl adjacent to an activating group) is 1. The summed E-state index contributed by atoms with van der Waals surface area (Å²) in [7, 11) is 2.04. The number of rotatable bonds is 5. The van der Waals surface area contributed by atoms with E-state index in [2.05, 4.69) is 19.2 Å². The SMILES string of the molecule is CNC(COc1cccc(Cl)c1)C1CC(C)CC(C)C1. The second-order valence-corrected chi connectivity index (χ2v) is 6.78. The van der Waals surface area contributed by atoms with E-state index < -0.39 is 0 Å². The van der Waals surface area contributed by atoms with Gasteiger partial charge >= 0.3 is 0 Å². The molecule has 3 heteroatoms. The highest BCUT2D eigenvalue weighted by Crippen LogP contribution is 2.34. The largest absolute Gasteiger partial charge is 0.492 e. The average Bonchev–Trinajstić information content (AvgIpc) is 2.38. The summed E-state index contributed by atoms with van der Waals surface area (Å²) in [5.41, 5.74) is 0. The van der Waals surface area contributed by atoms with Crippen LogP contribution in [0.5, 0.6) is 5.75 Å². The summed E-state index contributed by atoms with van der Waals surface area (Å²) < 4.78 is 5.92. The Kier molecular flexibility index (Phi) is 5.74. The molecule has 0 heterocycles. The van der Waals surface area contributed by atoms with Crippen LogP contribution in [0, 0.1) is 17.8 Å². The van der Waals surface area contributed by atoms with E-state index >= 15 is 0 Å². The van der Waals surface area contributed by atoms with Crippen LogP contribution in [0.2, 0.25) is 5.02 Å². The van der Waals surface area contributed by atoms with Crippen LogP contribution in [-0.4, -0.2) is 19.7 Å². The molecule has 0 amide bonds. The standard InChI is InChI=1S/C17H26ClNO/c1-12-7-13(2)9-14(8-12)17(19-3)11-20-16-6-4-5-15(18)10-16/h4-6,10,12-14,17,19H,7-9,11H2,1-3H3. The van der Waals surface area contributed by atoms with Crippen LogP contribution in [0.4, 0.5) is 0 Å². The molecule has 3 unspecified atom stereocenters. The smallest absolute Gasteiger partial charge is 0.120 e. The number of nitrogens with one attached hydrogen (secondary N) is 1. The molecule has 1 saturated carbocycles. The zero-order valence-corrected chi connectivity index (χ0v) is 13.5. The summed E-state index contributed by atoms with van der Waals surface area (Å²) in [5, 5.41) is 4.17. The summed E-state index contributed by atoms with van der Waals surface area (Å²) >= 11 is 5.99. The average molecular weight is 296 g/mol. The molecule has 112 valence electrons. The lowest BCUT2D eigenvalue weighted by atomic mass is 9.74. The molecule has 1 aliphatic rings. The first-order valence-electron chi connectivity index (χ1n) is 7.64. The molecule has 0 aromatic heterocycles. The van der Waals surface area contributed by atoms with E-state index in [1.165, 1.54) is 19.3 Å². The first-order valence-corrected chi connectivity index (χ1v) is 8.02. The molecule has 1 aromatic carbocycles. The van der Waals surface area contributed by atoms with Gasteiger partial charge in [-0.2, -0.15) is 0 Å². The van der Waals surface area contributed by atoms with Crippen molar-refractivity contribution in [1.29, 1.82) is 0 Å². The summed E-state index contributed by atoms with van der Waals surface area (Å²) in [4.78, 5) is 0. The van der Waals surface area contributed by atoms with Gasteiger partial charge < -0.3 is 10.1 Å². The van der Waals surface area contributed by atoms with Gasteiger partial charge in [0.2, 0.25) is 0 Å². The van der Waals surface area contributed by atoms with Gasteiger partial charge in [0.15, 0.2) is 0 Å². The zero-order chi connectivity index (χ0) is 14.5. The van der Waals surface area contributed by atoms with E-state index in [9.17, 15) is 0 Å². The van der Waals surface area contributed by atoms with Crippen molar-refractivity contribution in [3.63, 3.8) is 0 Å². The van der Waals surface area contributed by atoms with Crippen LogP contribution < -0.4 is 10.1 Å². The van der Waals surface area contributed by atoms with Crippen molar-refractivity contribution in [2.45, 2.75) is 39.2 Å². The maximum atomic E-state index is 5.99. The fourth-order valence-corrected chi connectivity index (χ4v) is 3.72. The molecule has 3 atom stereocenters. The van der Waals surface area contributed by atoms with Crippen LogP contribution in [0.1, 0.15) is 33.1 Å². The highest BCUT2D eigenvalue weighted by atomic mass is 35.5. The van der Waals surface area contributed by atoms with Crippen LogP contribution in [0.15, 0.2) is 24.3 Å². The minimum Gasteiger partial charge on any atom is -0.492 e. The quantitative estimate of drug-likeness (QED) is 0.870. The van der Waals surface area contributed by atoms with Gasteiger partial charge in [0, 0.05) is 11.1 Å². The Morgan fingerprint density at radius 1 is 1.25 bits per heavy atom. The molecular formula is C17H26ClNO. The molecule has 2 nitrogen and oxygen atoms in total. The third-order valence-electron chi connectivity index (χ3n) is 4.38. The number of ether oxygens (including phenoxy) is 1. The predicted octanol–water partition coefficient (Wildman–Crippen LogP) is 4.38. The Bertz CT molecular complexity index is 413. The van der Waals surface area contributed by atoms with Crippen molar-refractivity contribution in [2.75, 3.05) is 13.7 Å². The van der Waals surface area contributed by atoms with Gasteiger partial charge in [-0.3, -0.25) is 0 Å². The molecule has 0 bridgehead atoms. The zero-order valence-electron chi connectivity index (χ0n) is 12.7. The van der Waals surface area contributed by atoms with Gasteiger partial charge in [0.1, 0.15) is 12.4 Å². The highest BCUT2D eigenvalue weighted by molar-refractivity contribution is 6.30. The Labute approximate surface area is 127 Å².